The Labute approximate surface area is 85.2 Å². The fourth-order valence-corrected chi connectivity index (χ4v) is 2.55. The average molecular weight is 243 g/mol. The zero-order valence-corrected chi connectivity index (χ0v) is 8.73. The summed E-state index contributed by atoms with van der Waals surface area (Å²) in [5, 5.41) is 3.08. The van der Waals surface area contributed by atoms with Gasteiger partial charge in [-0.05, 0) is 30.4 Å². The van der Waals surface area contributed by atoms with Crippen molar-refractivity contribution in [2.45, 2.75) is 24.2 Å². The highest BCUT2D eigenvalue weighted by molar-refractivity contribution is 9.09. The van der Waals surface area contributed by atoms with Crippen molar-refractivity contribution < 1.29 is 4.79 Å². The minimum absolute atomic E-state index is 0.109. The van der Waals surface area contributed by atoms with Gasteiger partial charge in [-0.3, -0.25) is 4.79 Å². The Morgan fingerprint density at radius 2 is 2.38 bits per heavy atom. The first-order valence-corrected chi connectivity index (χ1v) is 5.24. The lowest BCUT2D eigenvalue weighted by Gasteiger charge is -2.21. The van der Waals surface area contributed by atoms with E-state index in [4.69, 9.17) is 5.73 Å². The van der Waals surface area contributed by atoms with E-state index >= 15 is 0 Å². The van der Waals surface area contributed by atoms with Gasteiger partial charge in [0.15, 0.2) is 0 Å². The lowest BCUT2D eigenvalue weighted by atomic mass is 10.0. The average Bonchev–Trinajstić information content (AvgIpc) is 2.50. The van der Waals surface area contributed by atoms with Crippen molar-refractivity contribution in [3.63, 3.8) is 0 Å². The predicted octanol–water partition coefficient (Wildman–Crippen LogP) is 1.16. The standard InChI is InChI=1S/C9H11BrN2O/c10-8-7(9(11)13)6-3-1-2-5(6)4-12-8/h4,8,12H,1-3H2,(H2,11,13). The number of carbonyl (C=O) groups is 1. The number of carbonyl (C=O) groups excluding carboxylic acids is 1. The molecule has 1 amide bonds. The van der Waals surface area contributed by atoms with Crippen LogP contribution in [0.4, 0.5) is 0 Å². The molecular weight excluding hydrogens is 232 g/mol. The summed E-state index contributed by atoms with van der Waals surface area (Å²) in [6.07, 6.45) is 5.14. The first-order chi connectivity index (χ1) is 6.20. The van der Waals surface area contributed by atoms with Gasteiger partial charge in [-0.25, -0.2) is 0 Å². The normalized spacial score (nSPS) is 26.5. The van der Waals surface area contributed by atoms with Gasteiger partial charge in [0.05, 0.1) is 5.57 Å². The molecule has 4 heteroatoms. The second kappa shape index (κ2) is 3.18. The molecule has 3 nitrogen and oxygen atoms in total. The maximum absolute atomic E-state index is 11.2. The first-order valence-electron chi connectivity index (χ1n) is 4.32. The van der Waals surface area contributed by atoms with Crippen LogP contribution in [0.1, 0.15) is 19.3 Å². The summed E-state index contributed by atoms with van der Waals surface area (Å²) in [7, 11) is 0. The van der Waals surface area contributed by atoms with E-state index < -0.39 is 0 Å². The van der Waals surface area contributed by atoms with Crippen LogP contribution in [0.25, 0.3) is 0 Å². The second-order valence-corrected chi connectivity index (χ2v) is 4.22. The third kappa shape index (κ3) is 1.39. The summed E-state index contributed by atoms with van der Waals surface area (Å²) in [5.74, 6) is -0.322. The summed E-state index contributed by atoms with van der Waals surface area (Å²) in [6.45, 7) is 0. The quantitative estimate of drug-likeness (QED) is 0.536. The molecule has 1 unspecified atom stereocenters. The Morgan fingerprint density at radius 3 is 3.08 bits per heavy atom. The maximum atomic E-state index is 11.2. The number of rotatable bonds is 1. The first kappa shape index (κ1) is 8.81. The number of dihydropyridines is 1. The minimum atomic E-state index is -0.322. The lowest BCUT2D eigenvalue weighted by Crippen LogP contribution is -2.32. The third-order valence-corrected chi connectivity index (χ3v) is 3.23. The number of nitrogens with one attached hydrogen (secondary N) is 1. The van der Waals surface area contributed by atoms with E-state index in [1.807, 2.05) is 6.20 Å². The molecule has 70 valence electrons. The Balaban J connectivity index is 2.46. The van der Waals surface area contributed by atoms with Gasteiger partial charge in [0, 0.05) is 6.20 Å². The van der Waals surface area contributed by atoms with Gasteiger partial charge < -0.3 is 11.1 Å². The zero-order valence-electron chi connectivity index (χ0n) is 7.14. The maximum Gasteiger partial charge on any atom is 0.247 e. The highest BCUT2D eigenvalue weighted by Crippen LogP contribution is 2.36. The van der Waals surface area contributed by atoms with Crippen molar-refractivity contribution >= 4 is 21.8 Å². The molecule has 1 fully saturated rings. The fraction of sp³-hybridized carbons (Fsp3) is 0.444. The molecule has 0 bridgehead atoms. The van der Waals surface area contributed by atoms with Gasteiger partial charge in [-0.1, -0.05) is 15.9 Å². The highest BCUT2D eigenvalue weighted by Gasteiger charge is 2.28. The molecule has 0 aromatic carbocycles. The Hall–Kier alpha value is -0.770. The van der Waals surface area contributed by atoms with Crippen LogP contribution < -0.4 is 11.1 Å². The molecule has 1 atom stereocenters. The molecule has 1 saturated carbocycles. The fourth-order valence-electron chi connectivity index (χ4n) is 1.92. The van der Waals surface area contributed by atoms with E-state index in [0.717, 1.165) is 24.8 Å². The Morgan fingerprint density at radius 1 is 1.62 bits per heavy atom. The number of halogens is 1. The SMILES string of the molecule is NC(=O)C1=C2CCCC2=CNC1Br. The number of allylic oxidation sites excluding steroid dienone is 2. The van der Waals surface area contributed by atoms with E-state index in [2.05, 4.69) is 21.2 Å². The van der Waals surface area contributed by atoms with Crippen molar-refractivity contribution in [3.8, 4) is 0 Å². The minimum Gasteiger partial charge on any atom is -0.375 e. The molecule has 0 aromatic rings. The number of hydrogen-bond donors (Lipinski definition) is 2. The molecule has 0 aromatic heterocycles. The van der Waals surface area contributed by atoms with Crippen LogP contribution in [0.3, 0.4) is 0 Å². The zero-order chi connectivity index (χ0) is 9.42. The van der Waals surface area contributed by atoms with Crippen LogP contribution in [0, 0.1) is 0 Å². The summed E-state index contributed by atoms with van der Waals surface area (Å²) in [4.78, 5) is 11.1. The molecule has 1 heterocycles. The van der Waals surface area contributed by atoms with Crippen molar-refractivity contribution in [2.24, 2.45) is 5.73 Å². The summed E-state index contributed by atoms with van der Waals surface area (Å²) < 4.78 is 0. The van der Waals surface area contributed by atoms with Gasteiger partial charge in [0.25, 0.3) is 0 Å². The van der Waals surface area contributed by atoms with E-state index in [9.17, 15) is 4.79 Å². The van der Waals surface area contributed by atoms with Crippen molar-refractivity contribution in [3.05, 3.63) is 22.9 Å². The van der Waals surface area contributed by atoms with Crippen LogP contribution >= 0.6 is 15.9 Å². The van der Waals surface area contributed by atoms with Crippen LogP contribution in [-0.4, -0.2) is 10.9 Å². The molecule has 0 saturated heterocycles. The van der Waals surface area contributed by atoms with Gasteiger partial charge in [-0.2, -0.15) is 0 Å². The largest absolute Gasteiger partial charge is 0.375 e. The highest BCUT2D eigenvalue weighted by atomic mass is 79.9. The number of fused-ring (bicyclic) bond motifs is 1. The lowest BCUT2D eigenvalue weighted by molar-refractivity contribution is -0.114. The smallest absolute Gasteiger partial charge is 0.247 e. The number of nitrogens with two attached hydrogens (primary N) is 1. The molecule has 3 N–H and O–H groups in total. The second-order valence-electron chi connectivity index (χ2n) is 3.31. The van der Waals surface area contributed by atoms with Gasteiger partial charge in [-0.15, -0.1) is 0 Å². The molecule has 1 aliphatic heterocycles. The van der Waals surface area contributed by atoms with Gasteiger partial charge in [0.1, 0.15) is 4.95 Å². The van der Waals surface area contributed by atoms with E-state index in [1.54, 1.807) is 0 Å². The molecular formula is C9H11BrN2O. The molecule has 1 aliphatic carbocycles. The monoisotopic (exact) mass is 242 g/mol. The number of alkyl halides is 1. The van der Waals surface area contributed by atoms with Crippen LogP contribution in [0.5, 0.6) is 0 Å². The number of primary amides is 1. The summed E-state index contributed by atoms with van der Waals surface area (Å²) in [6, 6.07) is 0. The van der Waals surface area contributed by atoms with E-state index in [1.165, 1.54) is 5.57 Å². The molecule has 2 rings (SSSR count). The Kier molecular flexibility index (Phi) is 2.15. The van der Waals surface area contributed by atoms with Gasteiger partial charge >= 0.3 is 0 Å². The molecule has 13 heavy (non-hydrogen) atoms. The van der Waals surface area contributed by atoms with E-state index in [-0.39, 0.29) is 10.9 Å². The summed E-state index contributed by atoms with van der Waals surface area (Å²) >= 11 is 3.38. The third-order valence-electron chi connectivity index (χ3n) is 2.51. The van der Waals surface area contributed by atoms with E-state index in [0.29, 0.717) is 5.57 Å². The Bertz CT molecular complexity index is 320. The number of amides is 1. The van der Waals surface area contributed by atoms with Crippen LogP contribution in [0.15, 0.2) is 22.9 Å². The van der Waals surface area contributed by atoms with Crippen LogP contribution in [0.2, 0.25) is 0 Å². The molecule has 0 radical (unpaired) electrons. The topological polar surface area (TPSA) is 55.1 Å². The number of hydrogen-bond acceptors (Lipinski definition) is 2. The van der Waals surface area contributed by atoms with Crippen molar-refractivity contribution in [1.82, 2.24) is 5.32 Å². The predicted molar refractivity (Wildman–Crippen MR) is 54.0 cm³/mol. The summed E-state index contributed by atoms with van der Waals surface area (Å²) in [5.41, 5.74) is 8.41. The molecule has 0 spiro atoms. The van der Waals surface area contributed by atoms with Crippen molar-refractivity contribution in [1.29, 1.82) is 0 Å². The van der Waals surface area contributed by atoms with Gasteiger partial charge in [0.2, 0.25) is 5.91 Å². The molecule has 2 aliphatic rings. The van der Waals surface area contributed by atoms with Crippen molar-refractivity contribution in [2.75, 3.05) is 0 Å². The van der Waals surface area contributed by atoms with Crippen LogP contribution in [-0.2, 0) is 4.79 Å².